The minimum Gasteiger partial charge on any atom is -0.381 e. The topological polar surface area (TPSA) is 56.2 Å². The third kappa shape index (κ3) is 3.16. The molecule has 1 saturated heterocycles. The van der Waals surface area contributed by atoms with Crippen LogP contribution < -0.4 is 5.32 Å². The Bertz CT molecular complexity index is 881. The first-order valence-corrected chi connectivity index (χ1v) is 10.6. The molecule has 1 saturated carbocycles. The molecular weight excluding hydrogens is 350 g/mol. The summed E-state index contributed by atoms with van der Waals surface area (Å²) in [6.45, 7) is 6.72. The molecule has 148 valence electrons. The Kier molecular flexibility index (Phi) is 4.31. The van der Waals surface area contributed by atoms with Gasteiger partial charge in [-0.15, -0.1) is 0 Å². The molecule has 1 aromatic carbocycles. The van der Waals surface area contributed by atoms with E-state index in [9.17, 15) is 4.79 Å². The number of ether oxygens (including phenoxy) is 1. The largest absolute Gasteiger partial charge is 0.381 e. The van der Waals surface area contributed by atoms with Crippen LogP contribution in [0.5, 0.6) is 0 Å². The average Bonchev–Trinajstić information content (AvgIpc) is 3.21. The molecule has 2 aliphatic carbocycles. The molecule has 0 unspecified atom stereocenters. The summed E-state index contributed by atoms with van der Waals surface area (Å²) in [5.41, 5.74) is 3.87. The summed E-state index contributed by atoms with van der Waals surface area (Å²) in [4.78, 5) is 13.2. The van der Waals surface area contributed by atoms with Crippen LogP contribution in [0.15, 0.2) is 30.3 Å². The maximum atomic E-state index is 13.2. The van der Waals surface area contributed by atoms with E-state index in [1.165, 1.54) is 17.7 Å². The molecule has 1 amide bonds. The van der Waals surface area contributed by atoms with Crippen molar-refractivity contribution in [2.24, 2.45) is 11.8 Å². The van der Waals surface area contributed by atoms with E-state index in [1.807, 2.05) is 18.2 Å². The van der Waals surface area contributed by atoms with Gasteiger partial charge in [0.05, 0.1) is 5.54 Å². The van der Waals surface area contributed by atoms with Gasteiger partial charge >= 0.3 is 0 Å². The molecule has 5 rings (SSSR count). The number of amides is 1. The molecule has 0 bridgehead atoms. The molecule has 28 heavy (non-hydrogen) atoms. The second kappa shape index (κ2) is 6.73. The molecule has 2 atom stereocenters. The Morgan fingerprint density at radius 1 is 1.25 bits per heavy atom. The molecule has 2 heterocycles. The maximum absolute atomic E-state index is 13.2. The molecule has 1 aromatic heterocycles. The third-order valence-corrected chi connectivity index (χ3v) is 6.74. The van der Waals surface area contributed by atoms with Crippen molar-refractivity contribution in [1.29, 1.82) is 0 Å². The first kappa shape index (κ1) is 17.9. The summed E-state index contributed by atoms with van der Waals surface area (Å²) < 4.78 is 7.68. The number of fused-ring (bicyclic) bond motifs is 3. The normalized spacial score (nSPS) is 23.9. The molecule has 2 fully saturated rings. The van der Waals surface area contributed by atoms with Gasteiger partial charge in [-0.2, -0.15) is 5.10 Å². The van der Waals surface area contributed by atoms with Gasteiger partial charge in [-0.05, 0) is 56.9 Å². The van der Waals surface area contributed by atoms with Crippen molar-refractivity contribution in [3.8, 4) is 0 Å². The van der Waals surface area contributed by atoms with Gasteiger partial charge < -0.3 is 10.1 Å². The van der Waals surface area contributed by atoms with Crippen LogP contribution in [0.4, 0.5) is 0 Å². The fraction of sp³-hybridized carbons (Fsp3) is 0.565. The van der Waals surface area contributed by atoms with E-state index in [4.69, 9.17) is 9.84 Å². The predicted molar refractivity (Wildman–Crippen MR) is 107 cm³/mol. The molecule has 1 aliphatic heterocycles. The summed E-state index contributed by atoms with van der Waals surface area (Å²) in [6, 6.07) is 10.1. The van der Waals surface area contributed by atoms with Crippen LogP contribution >= 0.6 is 0 Å². The molecule has 0 spiro atoms. The van der Waals surface area contributed by atoms with E-state index in [0.717, 1.165) is 50.5 Å². The lowest BCUT2D eigenvalue weighted by Crippen LogP contribution is -2.41. The number of nitrogens with zero attached hydrogens (tertiary/aromatic N) is 2. The van der Waals surface area contributed by atoms with Gasteiger partial charge in [0.25, 0.3) is 5.91 Å². The minimum atomic E-state index is -0.433. The van der Waals surface area contributed by atoms with Crippen LogP contribution in [-0.2, 0) is 23.2 Å². The Labute approximate surface area is 166 Å². The van der Waals surface area contributed by atoms with Crippen molar-refractivity contribution in [3.63, 3.8) is 0 Å². The van der Waals surface area contributed by atoms with Crippen molar-refractivity contribution < 1.29 is 9.53 Å². The zero-order chi connectivity index (χ0) is 19.3. The summed E-state index contributed by atoms with van der Waals surface area (Å²) >= 11 is 0. The van der Waals surface area contributed by atoms with Gasteiger partial charge in [0.15, 0.2) is 5.69 Å². The minimum absolute atomic E-state index is 0.0443. The third-order valence-electron chi connectivity index (χ3n) is 6.74. The second-order valence-electron chi connectivity index (χ2n) is 9.20. The highest BCUT2D eigenvalue weighted by Gasteiger charge is 2.50. The highest BCUT2D eigenvalue weighted by atomic mass is 16.5. The van der Waals surface area contributed by atoms with Crippen LogP contribution in [0.2, 0.25) is 0 Å². The van der Waals surface area contributed by atoms with Gasteiger partial charge in [-0.1, -0.05) is 30.3 Å². The van der Waals surface area contributed by atoms with Gasteiger partial charge in [0.1, 0.15) is 0 Å². The van der Waals surface area contributed by atoms with Gasteiger partial charge in [0, 0.05) is 36.9 Å². The van der Waals surface area contributed by atoms with Crippen LogP contribution in [-0.4, -0.2) is 28.9 Å². The summed E-state index contributed by atoms with van der Waals surface area (Å²) in [5, 5.41) is 8.08. The van der Waals surface area contributed by atoms with Crippen molar-refractivity contribution >= 4 is 5.91 Å². The molecule has 1 N–H and O–H groups in total. The Morgan fingerprint density at radius 2 is 2.00 bits per heavy atom. The van der Waals surface area contributed by atoms with Crippen molar-refractivity contribution in [2.75, 3.05) is 13.2 Å². The molecular formula is C23H29N3O2. The summed E-state index contributed by atoms with van der Waals surface area (Å²) in [7, 11) is 0. The van der Waals surface area contributed by atoms with E-state index in [0.29, 0.717) is 17.5 Å². The number of benzene rings is 1. The summed E-state index contributed by atoms with van der Waals surface area (Å²) in [5.74, 6) is 1.93. The first-order chi connectivity index (χ1) is 13.5. The molecule has 2 aromatic rings. The number of carbonyl (C=O) groups is 1. The lowest BCUT2D eigenvalue weighted by molar-refractivity contribution is 0.0597. The van der Waals surface area contributed by atoms with Gasteiger partial charge in [-0.3, -0.25) is 9.48 Å². The maximum Gasteiger partial charge on any atom is 0.272 e. The number of rotatable bonds is 5. The Morgan fingerprint density at radius 3 is 2.75 bits per heavy atom. The number of hydrogen-bond donors (Lipinski definition) is 1. The first-order valence-electron chi connectivity index (χ1n) is 10.6. The van der Waals surface area contributed by atoms with Crippen LogP contribution in [0, 0.1) is 11.8 Å². The smallest absolute Gasteiger partial charge is 0.272 e. The lowest BCUT2D eigenvalue weighted by atomic mass is 9.94. The quantitative estimate of drug-likeness (QED) is 0.863. The standard InChI is InChI=1S/C23H29N3O2/c1-23(2,17-6-4-3-5-7-17)24-22(27)20-19-13-16-12-18(16)21(19)26(25-20)14-15-8-10-28-11-9-15/h3-7,15-16,18H,8-14H2,1-2H3,(H,24,27)/t16-,18-/m1/s1. The second-order valence-corrected chi connectivity index (χ2v) is 9.20. The van der Waals surface area contributed by atoms with E-state index in [2.05, 4.69) is 36.0 Å². The average molecular weight is 380 g/mol. The summed E-state index contributed by atoms with van der Waals surface area (Å²) in [6.07, 6.45) is 4.46. The molecule has 0 radical (unpaired) electrons. The highest BCUT2D eigenvalue weighted by molar-refractivity contribution is 5.95. The predicted octanol–water partition coefficient (Wildman–Crippen LogP) is 3.63. The molecule has 3 aliphatic rings. The van der Waals surface area contributed by atoms with Crippen LogP contribution in [0.25, 0.3) is 0 Å². The number of aromatic nitrogens is 2. The van der Waals surface area contributed by atoms with E-state index < -0.39 is 5.54 Å². The van der Waals surface area contributed by atoms with Gasteiger partial charge in [-0.25, -0.2) is 0 Å². The van der Waals surface area contributed by atoms with Crippen LogP contribution in [0.3, 0.4) is 0 Å². The number of carbonyl (C=O) groups excluding carboxylic acids is 1. The highest BCUT2D eigenvalue weighted by Crippen LogP contribution is 2.57. The van der Waals surface area contributed by atoms with Crippen molar-refractivity contribution in [3.05, 3.63) is 52.8 Å². The Hall–Kier alpha value is -2.14. The monoisotopic (exact) mass is 379 g/mol. The molecule has 5 heteroatoms. The molecule has 5 nitrogen and oxygen atoms in total. The van der Waals surface area contributed by atoms with E-state index >= 15 is 0 Å². The van der Waals surface area contributed by atoms with Crippen molar-refractivity contribution in [1.82, 2.24) is 15.1 Å². The fourth-order valence-corrected chi connectivity index (χ4v) is 4.96. The SMILES string of the molecule is CC(C)(NC(=O)c1nn(CC2CCOCC2)c2c1C[C@H]1C[C@@H]21)c1ccccc1. The van der Waals surface area contributed by atoms with Gasteiger partial charge in [0.2, 0.25) is 0 Å². The van der Waals surface area contributed by atoms with Crippen molar-refractivity contribution in [2.45, 2.75) is 57.5 Å². The fourth-order valence-electron chi connectivity index (χ4n) is 4.96. The zero-order valence-electron chi connectivity index (χ0n) is 16.8. The number of nitrogens with one attached hydrogen (secondary N) is 1. The zero-order valence-corrected chi connectivity index (χ0v) is 16.8. The van der Waals surface area contributed by atoms with E-state index in [-0.39, 0.29) is 5.91 Å². The lowest BCUT2D eigenvalue weighted by Gasteiger charge is -2.26. The number of hydrogen-bond acceptors (Lipinski definition) is 3. The Balaban J connectivity index is 1.40. The van der Waals surface area contributed by atoms with E-state index in [1.54, 1.807) is 0 Å². The van der Waals surface area contributed by atoms with Crippen LogP contribution in [0.1, 0.15) is 66.3 Å².